The topological polar surface area (TPSA) is 27.0 Å². The molecule has 2 nitrogen and oxygen atoms in total. The number of rotatable bonds is 3. The lowest BCUT2D eigenvalue weighted by molar-refractivity contribution is 0.214. The van der Waals surface area contributed by atoms with E-state index < -0.39 is 0 Å². The monoisotopic (exact) mass is 298 g/mol. The van der Waals surface area contributed by atoms with Crippen LogP contribution in [0.4, 0.5) is 0 Å². The van der Waals surface area contributed by atoms with Crippen molar-refractivity contribution in [1.29, 1.82) is 5.26 Å². The molecule has 1 fully saturated rings. The van der Waals surface area contributed by atoms with Crippen molar-refractivity contribution in [2.45, 2.75) is 31.8 Å². The zero-order valence-corrected chi connectivity index (χ0v) is 11.7. The molecule has 4 heteroatoms. The molecule has 2 unspecified atom stereocenters. The smallest absolute Gasteiger partial charge is 0.0672 e. The summed E-state index contributed by atoms with van der Waals surface area (Å²) in [6.45, 7) is 0.957. The maximum atomic E-state index is 9.07. The number of nitrogens with zero attached hydrogens (tertiary/aromatic N) is 2. The van der Waals surface area contributed by atoms with E-state index in [4.69, 9.17) is 5.26 Å². The minimum absolute atomic E-state index is 0.230. The Balaban J connectivity index is 1.98. The van der Waals surface area contributed by atoms with Crippen molar-refractivity contribution < 1.29 is 0 Å². The third-order valence-electron chi connectivity index (χ3n) is 3.24. The van der Waals surface area contributed by atoms with Crippen LogP contribution in [-0.2, 0) is 6.54 Å². The molecular formula is C12H15BrN2S. The van der Waals surface area contributed by atoms with Crippen molar-refractivity contribution in [3.05, 3.63) is 20.8 Å². The summed E-state index contributed by atoms with van der Waals surface area (Å²) in [7, 11) is 2.13. The van der Waals surface area contributed by atoms with Gasteiger partial charge in [0.05, 0.1) is 12.0 Å². The second kappa shape index (κ2) is 5.31. The Morgan fingerprint density at radius 3 is 3.06 bits per heavy atom. The van der Waals surface area contributed by atoms with Crippen LogP contribution in [0.15, 0.2) is 15.9 Å². The average Bonchev–Trinajstić information content (AvgIpc) is 2.86. The first-order valence-corrected chi connectivity index (χ1v) is 7.20. The van der Waals surface area contributed by atoms with Gasteiger partial charge in [-0.1, -0.05) is 6.42 Å². The largest absolute Gasteiger partial charge is 0.297 e. The summed E-state index contributed by atoms with van der Waals surface area (Å²) in [5.41, 5.74) is 0. The van der Waals surface area contributed by atoms with Gasteiger partial charge in [-0.05, 0) is 41.9 Å². The van der Waals surface area contributed by atoms with Crippen molar-refractivity contribution in [3.8, 4) is 6.07 Å². The molecule has 16 heavy (non-hydrogen) atoms. The first-order valence-electron chi connectivity index (χ1n) is 5.53. The Kier molecular flexibility index (Phi) is 4.01. The van der Waals surface area contributed by atoms with E-state index in [1.54, 1.807) is 11.3 Å². The van der Waals surface area contributed by atoms with Gasteiger partial charge in [0.15, 0.2) is 0 Å². The van der Waals surface area contributed by atoms with Gasteiger partial charge in [0.2, 0.25) is 0 Å². The highest BCUT2D eigenvalue weighted by atomic mass is 79.9. The summed E-state index contributed by atoms with van der Waals surface area (Å²) in [6.07, 6.45) is 3.43. The highest BCUT2D eigenvalue weighted by molar-refractivity contribution is 9.10. The van der Waals surface area contributed by atoms with E-state index in [0.29, 0.717) is 6.04 Å². The first kappa shape index (κ1) is 12.1. The van der Waals surface area contributed by atoms with Gasteiger partial charge in [0, 0.05) is 27.3 Å². The van der Waals surface area contributed by atoms with Crippen LogP contribution in [0.2, 0.25) is 0 Å². The Morgan fingerprint density at radius 2 is 2.44 bits per heavy atom. The zero-order valence-electron chi connectivity index (χ0n) is 9.32. The van der Waals surface area contributed by atoms with Crippen molar-refractivity contribution in [1.82, 2.24) is 4.90 Å². The summed E-state index contributed by atoms with van der Waals surface area (Å²) in [5, 5.41) is 11.2. The summed E-state index contributed by atoms with van der Waals surface area (Å²) in [6, 6.07) is 5.05. The second-order valence-corrected chi connectivity index (χ2v) is 6.29. The lowest BCUT2D eigenvalue weighted by Crippen LogP contribution is -2.33. The maximum absolute atomic E-state index is 9.07. The molecule has 1 saturated carbocycles. The van der Waals surface area contributed by atoms with E-state index >= 15 is 0 Å². The fourth-order valence-electron chi connectivity index (χ4n) is 2.42. The molecule has 2 rings (SSSR count). The maximum Gasteiger partial charge on any atom is 0.0672 e. The molecular weight excluding hydrogens is 284 g/mol. The lowest BCUT2D eigenvalue weighted by Gasteiger charge is -2.25. The second-order valence-electron chi connectivity index (χ2n) is 4.38. The molecule has 86 valence electrons. The van der Waals surface area contributed by atoms with Crippen LogP contribution >= 0.6 is 27.3 Å². The predicted octanol–water partition coefficient (Wildman–Crippen LogP) is 3.63. The average molecular weight is 299 g/mol. The Hall–Kier alpha value is -0.370. The minimum Gasteiger partial charge on any atom is -0.297 e. The van der Waals surface area contributed by atoms with E-state index in [2.05, 4.69) is 45.4 Å². The number of thiophene rings is 1. The van der Waals surface area contributed by atoms with Gasteiger partial charge in [-0.15, -0.1) is 11.3 Å². The summed E-state index contributed by atoms with van der Waals surface area (Å²) >= 11 is 5.24. The molecule has 0 bridgehead atoms. The summed E-state index contributed by atoms with van der Waals surface area (Å²) in [4.78, 5) is 3.69. The van der Waals surface area contributed by atoms with Gasteiger partial charge >= 0.3 is 0 Å². The molecule has 0 aromatic carbocycles. The van der Waals surface area contributed by atoms with Crippen LogP contribution < -0.4 is 0 Å². The molecule has 0 spiro atoms. The molecule has 2 atom stereocenters. The van der Waals surface area contributed by atoms with Gasteiger partial charge in [-0.2, -0.15) is 5.26 Å². The normalized spacial score (nSPS) is 24.9. The molecule has 1 aromatic heterocycles. The van der Waals surface area contributed by atoms with Gasteiger partial charge in [-0.25, -0.2) is 0 Å². The van der Waals surface area contributed by atoms with Crippen LogP contribution in [0.3, 0.4) is 0 Å². The van der Waals surface area contributed by atoms with E-state index in [0.717, 1.165) is 17.4 Å². The Morgan fingerprint density at radius 1 is 1.62 bits per heavy atom. The van der Waals surface area contributed by atoms with Crippen LogP contribution in [0.25, 0.3) is 0 Å². The lowest BCUT2D eigenvalue weighted by atomic mass is 10.0. The number of halogens is 1. The van der Waals surface area contributed by atoms with Crippen LogP contribution in [0.1, 0.15) is 24.1 Å². The summed E-state index contributed by atoms with van der Waals surface area (Å²) in [5.74, 6) is 0.230. The minimum atomic E-state index is 0.230. The van der Waals surface area contributed by atoms with Crippen LogP contribution in [0.5, 0.6) is 0 Å². The van der Waals surface area contributed by atoms with Gasteiger partial charge in [0.1, 0.15) is 0 Å². The third-order valence-corrected chi connectivity index (χ3v) is 4.92. The highest BCUT2D eigenvalue weighted by Crippen LogP contribution is 2.30. The molecule has 0 N–H and O–H groups in total. The standard InChI is InChI=1S/C12H15BrN2S/c1-15(7-11-5-10(13)8-16-11)12-4-2-3-9(12)6-14/h5,8-9,12H,2-4,7H2,1H3. The van der Waals surface area contributed by atoms with E-state index in [9.17, 15) is 0 Å². The Labute approximate surface area is 109 Å². The number of nitriles is 1. The zero-order chi connectivity index (χ0) is 11.5. The first-order chi connectivity index (χ1) is 7.70. The van der Waals surface area contributed by atoms with Gasteiger partial charge in [0.25, 0.3) is 0 Å². The van der Waals surface area contributed by atoms with Crippen molar-refractivity contribution >= 4 is 27.3 Å². The molecule has 1 aliphatic carbocycles. The molecule has 0 radical (unpaired) electrons. The molecule has 1 aromatic rings. The number of hydrogen-bond donors (Lipinski definition) is 0. The van der Waals surface area contributed by atoms with E-state index in [1.165, 1.54) is 17.7 Å². The van der Waals surface area contributed by atoms with Crippen LogP contribution in [0, 0.1) is 17.2 Å². The van der Waals surface area contributed by atoms with Gasteiger partial charge < -0.3 is 0 Å². The van der Waals surface area contributed by atoms with Crippen molar-refractivity contribution in [2.24, 2.45) is 5.92 Å². The van der Waals surface area contributed by atoms with Crippen LogP contribution in [-0.4, -0.2) is 18.0 Å². The SMILES string of the molecule is CN(Cc1cc(Br)cs1)C1CCCC1C#N. The fraction of sp³-hybridized carbons (Fsp3) is 0.583. The van der Waals surface area contributed by atoms with Crippen molar-refractivity contribution in [2.75, 3.05) is 7.05 Å². The highest BCUT2D eigenvalue weighted by Gasteiger charge is 2.30. The van der Waals surface area contributed by atoms with Gasteiger partial charge in [-0.3, -0.25) is 4.90 Å². The quantitative estimate of drug-likeness (QED) is 0.852. The fourth-order valence-corrected chi connectivity index (χ4v) is 3.93. The molecule has 1 aliphatic rings. The van der Waals surface area contributed by atoms with E-state index in [-0.39, 0.29) is 5.92 Å². The molecule has 0 saturated heterocycles. The molecule has 0 aliphatic heterocycles. The molecule has 1 heterocycles. The molecule has 0 amide bonds. The van der Waals surface area contributed by atoms with Crippen molar-refractivity contribution in [3.63, 3.8) is 0 Å². The van der Waals surface area contributed by atoms with E-state index in [1.807, 2.05) is 0 Å². The third kappa shape index (κ3) is 2.65. The number of hydrogen-bond acceptors (Lipinski definition) is 3. The predicted molar refractivity (Wildman–Crippen MR) is 70.2 cm³/mol. The summed E-state index contributed by atoms with van der Waals surface area (Å²) < 4.78 is 1.16. The Bertz CT molecular complexity index is 396.